The third-order valence-corrected chi connectivity index (χ3v) is 4.86. The highest BCUT2D eigenvalue weighted by Gasteiger charge is 2.31. The van der Waals surface area contributed by atoms with E-state index in [-0.39, 0.29) is 11.8 Å². The summed E-state index contributed by atoms with van der Waals surface area (Å²) in [6, 6.07) is 5.29. The first-order chi connectivity index (χ1) is 11.9. The number of hydrogen-bond donors (Lipinski definition) is 0. The highest BCUT2D eigenvalue weighted by Crippen LogP contribution is 2.29. The molecule has 2 saturated heterocycles. The van der Waals surface area contributed by atoms with E-state index in [1.807, 2.05) is 4.90 Å². The fraction of sp³-hybridized carbons (Fsp3) is 0.611. The van der Waals surface area contributed by atoms with Crippen LogP contribution >= 0.6 is 0 Å². The Kier molecular flexibility index (Phi) is 5.64. The van der Waals surface area contributed by atoms with Crippen LogP contribution < -0.4 is 0 Å². The number of likely N-dealkylation sites (tertiary alicyclic amines) is 1. The van der Waals surface area contributed by atoms with Crippen molar-refractivity contribution in [1.82, 2.24) is 9.80 Å². The topological polar surface area (TPSA) is 32.8 Å². The average Bonchev–Trinajstić information content (AvgIpc) is 2.62. The second-order valence-corrected chi connectivity index (χ2v) is 6.71. The number of amides is 1. The van der Waals surface area contributed by atoms with Crippen molar-refractivity contribution in [3.05, 3.63) is 35.4 Å². The van der Waals surface area contributed by atoms with Crippen LogP contribution in [-0.4, -0.2) is 55.1 Å². The Labute approximate surface area is 145 Å². The van der Waals surface area contributed by atoms with Gasteiger partial charge in [-0.2, -0.15) is 13.2 Å². The SMILES string of the molecule is O=C(C1CCCN(Cc2ccc(C(F)(F)F)cc2)C1)N1CCOCC1. The number of morpholine rings is 1. The summed E-state index contributed by atoms with van der Waals surface area (Å²) in [4.78, 5) is 16.7. The number of carbonyl (C=O) groups excluding carboxylic acids is 1. The van der Waals surface area contributed by atoms with Crippen molar-refractivity contribution in [1.29, 1.82) is 0 Å². The normalized spacial score (nSPS) is 22.8. The minimum absolute atomic E-state index is 0.0266. The van der Waals surface area contributed by atoms with Crippen molar-refractivity contribution < 1.29 is 22.7 Å². The number of halogens is 3. The summed E-state index contributed by atoms with van der Waals surface area (Å²) in [5, 5.41) is 0. The number of benzene rings is 1. The van der Waals surface area contributed by atoms with Crippen molar-refractivity contribution in [2.75, 3.05) is 39.4 Å². The predicted octanol–water partition coefficient (Wildman–Crippen LogP) is 2.78. The minimum Gasteiger partial charge on any atom is -0.378 e. The molecular formula is C18H23F3N2O2. The van der Waals surface area contributed by atoms with Crippen LogP contribution in [0.4, 0.5) is 13.2 Å². The molecule has 0 spiro atoms. The summed E-state index contributed by atoms with van der Waals surface area (Å²) in [5.74, 6) is 0.154. The first kappa shape index (κ1) is 18.2. The molecule has 2 aliphatic heterocycles. The summed E-state index contributed by atoms with van der Waals surface area (Å²) in [5.41, 5.74) is 0.211. The smallest absolute Gasteiger partial charge is 0.378 e. The molecule has 0 bridgehead atoms. The molecule has 25 heavy (non-hydrogen) atoms. The van der Waals surface area contributed by atoms with E-state index >= 15 is 0 Å². The van der Waals surface area contributed by atoms with E-state index in [4.69, 9.17) is 4.74 Å². The third kappa shape index (κ3) is 4.73. The molecule has 2 heterocycles. The molecule has 2 aliphatic rings. The van der Waals surface area contributed by atoms with Gasteiger partial charge in [-0.25, -0.2) is 0 Å². The van der Waals surface area contributed by atoms with Crippen molar-refractivity contribution in [3.63, 3.8) is 0 Å². The summed E-state index contributed by atoms with van der Waals surface area (Å²) in [7, 11) is 0. The van der Waals surface area contributed by atoms with Crippen LogP contribution in [0.3, 0.4) is 0 Å². The fourth-order valence-corrected chi connectivity index (χ4v) is 3.50. The number of hydrogen-bond acceptors (Lipinski definition) is 3. The molecule has 4 nitrogen and oxygen atoms in total. The maximum atomic E-state index is 12.6. The van der Waals surface area contributed by atoms with Crippen LogP contribution in [0, 0.1) is 5.92 Å². The zero-order chi connectivity index (χ0) is 17.9. The number of piperidine rings is 1. The molecule has 2 fully saturated rings. The molecule has 3 rings (SSSR count). The minimum atomic E-state index is -4.31. The summed E-state index contributed by atoms with van der Waals surface area (Å²) in [6.45, 7) is 4.58. The molecule has 0 saturated carbocycles. The lowest BCUT2D eigenvalue weighted by Crippen LogP contribution is -2.48. The van der Waals surface area contributed by atoms with Gasteiger partial charge < -0.3 is 9.64 Å². The van der Waals surface area contributed by atoms with Crippen molar-refractivity contribution in [2.24, 2.45) is 5.92 Å². The molecule has 1 atom stereocenters. The van der Waals surface area contributed by atoms with E-state index in [9.17, 15) is 18.0 Å². The molecule has 1 aromatic carbocycles. The first-order valence-corrected chi connectivity index (χ1v) is 8.68. The Morgan fingerprint density at radius 2 is 1.80 bits per heavy atom. The number of ether oxygens (including phenoxy) is 1. The lowest BCUT2D eigenvalue weighted by atomic mass is 9.95. The molecule has 0 N–H and O–H groups in total. The Bertz CT molecular complexity index is 583. The van der Waals surface area contributed by atoms with Crippen LogP contribution in [-0.2, 0) is 22.3 Å². The van der Waals surface area contributed by atoms with Crippen LogP contribution in [0.2, 0.25) is 0 Å². The molecular weight excluding hydrogens is 333 g/mol. The van der Waals surface area contributed by atoms with Crippen molar-refractivity contribution in [3.8, 4) is 0 Å². The van der Waals surface area contributed by atoms with E-state index in [0.717, 1.165) is 37.1 Å². The Balaban J connectivity index is 1.57. The quantitative estimate of drug-likeness (QED) is 0.835. The molecule has 1 unspecified atom stereocenters. The molecule has 0 radical (unpaired) electrons. The zero-order valence-electron chi connectivity index (χ0n) is 14.1. The lowest BCUT2D eigenvalue weighted by Gasteiger charge is -2.36. The standard InChI is InChI=1S/C18H23F3N2O2/c19-18(20,21)16-5-3-14(4-6-16)12-22-7-1-2-15(13-22)17(24)23-8-10-25-11-9-23/h3-6,15H,1-2,7-13H2. The average molecular weight is 356 g/mol. The summed E-state index contributed by atoms with van der Waals surface area (Å²) >= 11 is 0. The van der Waals surface area contributed by atoms with Crippen molar-refractivity contribution >= 4 is 5.91 Å². The Hall–Kier alpha value is -1.60. The van der Waals surface area contributed by atoms with Gasteiger partial charge in [0.05, 0.1) is 24.7 Å². The number of rotatable bonds is 3. The Morgan fingerprint density at radius 1 is 1.12 bits per heavy atom. The summed E-state index contributed by atoms with van der Waals surface area (Å²) < 4.78 is 43.2. The van der Waals surface area contributed by atoms with Gasteiger partial charge in [0.2, 0.25) is 5.91 Å². The highest BCUT2D eigenvalue weighted by atomic mass is 19.4. The monoisotopic (exact) mass is 356 g/mol. The molecule has 138 valence electrons. The third-order valence-electron chi connectivity index (χ3n) is 4.86. The second kappa shape index (κ2) is 7.74. The number of alkyl halides is 3. The first-order valence-electron chi connectivity index (χ1n) is 8.68. The summed E-state index contributed by atoms with van der Waals surface area (Å²) in [6.07, 6.45) is -2.50. The van der Waals surface area contributed by atoms with Crippen LogP contribution in [0.1, 0.15) is 24.0 Å². The molecule has 0 aromatic heterocycles. The number of nitrogens with zero attached hydrogens (tertiary/aromatic N) is 2. The van der Waals surface area contributed by atoms with Gasteiger partial charge in [0.1, 0.15) is 0 Å². The highest BCUT2D eigenvalue weighted by molar-refractivity contribution is 5.79. The molecule has 1 amide bonds. The number of carbonyl (C=O) groups is 1. The van der Waals surface area contributed by atoms with Crippen molar-refractivity contribution in [2.45, 2.75) is 25.6 Å². The van der Waals surface area contributed by atoms with E-state index in [2.05, 4.69) is 4.90 Å². The van der Waals surface area contributed by atoms with E-state index in [1.54, 1.807) is 0 Å². The van der Waals surface area contributed by atoms with Gasteiger partial charge in [0.15, 0.2) is 0 Å². The largest absolute Gasteiger partial charge is 0.416 e. The maximum absolute atomic E-state index is 12.6. The predicted molar refractivity (Wildman–Crippen MR) is 86.8 cm³/mol. The van der Waals surface area contributed by atoms with Crippen LogP contribution in [0.5, 0.6) is 0 Å². The van der Waals surface area contributed by atoms with Gasteiger partial charge in [-0.1, -0.05) is 12.1 Å². The molecule has 0 aliphatic carbocycles. The maximum Gasteiger partial charge on any atom is 0.416 e. The fourth-order valence-electron chi connectivity index (χ4n) is 3.50. The zero-order valence-corrected chi connectivity index (χ0v) is 14.1. The van der Waals surface area contributed by atoms with Crippen LogP contribution in [0.25, 0.3) is 0 Å². The van der Waals surface area contributed by atoms with E-state index in [0.29, 0.717) is 39.4 Å². The van der Waals surface area contributed by atoms with Crippen LogP contribution in [0.15, 0.2) is 24.3 Å². The lowest BCUT2D eigenvalue weighted by molar-refractivity contribution is -0.141. The van der Waals surface area contributed by atoms with E-state index in [1.165, 1.54) is 12.1 Å². The molecule has 7 heteroatoms. The van der Waals surface area contributed by atoms with Gasteiger partial charge >= 0.3 is 6.18 Å². The Morgan fingerprint density at radius 3 is 2.44 bits per heavy atom. The van der Waals surface area contributed by atoms with Gasteiger partial charge in [-0.3, -0.25) is 9.69 Å². The van der Waals surface area contributed by atoms with Gasteiger partial charge in [0, 0.05) is 26.2 Å². The second-order valence-electron chi connectivity index (χ2n) is 6.71. The van der Waals surface area contributed by atoms with E-state index < -0.39 is 11.7 Å². The van der Waals surface area contributed by atoms with Gasteiger partial charge in [0.25, 0.3) is 0 Å². The van der Waals surface area contributed by atoms with Gasteiger partial charge in [-0.05, 0) is 37.1 Å². The van der Waals surface area contributed by atoms with Gasteiger partial charge in [-0.15, -0.1) is 0 Å². The molecule has 1 aromatic rings.